The third kappa shape index (κ3) is 2.09. The van der Waals surface area contributed by atoms with Gasteiger partial charge in [0, 0.05) is 22.3 Å². The Balaban J connectivity index is 1.47. The van der Waals surface area contributed by atoms with Crippen LogP contribution in [0.1, 0.15) is 35.4 Å². The summed E-state index contributed by atoms with van der Waals surface area (Å²) in [5, 5.41) is 1.84. The van der Waals surface area contributed by atoms with Crippen molar-refractivity contribution >= 4 is 38.9 Å². The van der Waals surface area contributed by atoms with E-state index in [0.717, 1.165) is 20.0 Å². The van der Waals surface area contributed by atoms with Crippen molar-refractivity contribution in [3.05, 3.63) is 34.2 Å². The molecule has 1 aromatic heterocycles. The smallest absolute Gasteiger partial charge is 0.264 e. The molecule has 4 heterocycles. The number of likely N-dealkylation sites (N-methyl/N-ethyl adjacent to an activating group) is 1. The summed E-state index contributed by atoms with van der Waals surface area (Å²) in [4.78, 5) is 18.7. The molecule has 1 aliphatic carbocycles. The Morgan fingerprint density at radius 1 is 1.29 bits per heavy atom. The first-order chi connectivity index (χ1) is 11.6. The number of rotatable bonds is 2. The molecule has 0 N–H and O–H groups in total. The van der Waals surface area contributed by atoms with Gasteiger partial charge in [-0.15, -0.1) is 11.3 Å². The second-order valence-corrected chi connectivity index (χ2v) is 9.10. The van der Waals surface area contributed by atoms with Crippen LogP contribution in [0, 0.1) is 5.92 Å². The highest BCUT2D eigenvalue weighted by Gasteiger charge is 2.62. The lowest BCUT2D eigenvalue weighted by Gasteiger charge is -2.54. The van der Waals surface area contributed by atoms with Crippen LogP contribution in [0.3, 0.4) is 0 Å². The topological polar surface area (TPSA) is 23.6 Å². The zero-order valence-electron chi connectivity index (χ0n) is 13.8. The first-order valence-electron chi connectivity index (χ1n) is 8.80. The third-order valence-corrected chi connectivity index (χ3v) is 7.68. The third-order valence-electron chi connectivity index (χ3n) is 6.36. The van der Waals surface area contributed by atoms with Gasteiger partial charge in [-0.05, 0) is 68.3 Å². The van der Waals surface area contributed by atoms with Crippen LogP contribution in [0.2, 0.25) is 5.02 Å². The number of piperidine rings is 3. The summed E-state index contributed by atoms with van der Waals surface area (Å²) in [5.41, 5.74) is 0.297. The Bertz CT molecular complexity index is 820. The fraction of sp³-hybridized carbons (Fsp3) is 0.526. The molecule has 2 aromatic rings. The molecule has 3 nitrogen and oxygen atoms in total. The molecule has 24 heavy (non-hydrogen) atoms. The van der Waals surface area contributed by atoms with Crippen molar-refractivity contribution in [1.82, 2.24) is 9.80 Å². The molecule has 1 aromatic carbocycles. The zero-order chi connectivity index (χ0) is 16.5. The molecule has 5 heteroatoms. The van der Waals surface area contributed by atoms with Gasteiger partial charge in [-0.2, -0.15) is 0 Å². The van der Waals surface area contributed by atoms with Crippen molar-refractivity contribution in [3.8, 4) is 0 Å². The SMILES string of the molecule is CN(C(=O)c1cc2ccc(Cl)cc2s1)C1C2CCN(CC2)C12CC2. The van der Waals surface area contributed by atoms with E-state index in [4.69, 9.17) is 11.6 Å². The number of thiophene rings is 1. The Hall–Kier alpha value is -1.10. The van der Waals surface area contributed by atoms with Gasteiger partial charge in [-0.3, -0.25) is 9.69 Å². The minimum absolute atomic E-state index is 0.178. The monoisotopic (exact) mass is 360 g/mol. The van der Waals surface area contributed by atoms with Crippen LogP contribution in [0.25, 0.3) is 10.1 Å². The summed E-state index contributed by atoms with van der Waals surface area (Å²) < 4.78 is 1.09. The second-order valence-electron chi connectivity index (χ2n) is 7.58. The number of amides is 1. The summed E-state index contributed by atoms with van der Waals surface area (Å²) in [5.74, 6) is 0.854. The maximum absolute atomic E-state index is 13.2. The number of benzene rings is 1. The largest absolute Gasteiger partial charge is 0.336 e. The van der Waals surface area contributed by atoms with Gasteiger partial charge in [-0.1, -0.05) is 17.7 Å². The summed E-state index contributed by atoms with van der Waals surface area (Å²) >= 11 is 7.65. The van der Waals surface area contributed by atoms with Crippen LogP contribution in [0.15, 0.2) is 24.3 Å². The van der Waals surface area contributed by atoms with E-state index in [1.165, 1.54) is 38.8 Å². The summed E-state index contributed by atoms with van der Waals surface area (Å²) in [6, 6.07) is 8.26. The minimum Gasteiger partial charge on any atom is -0.336 e. The second kappa shape index (κ2) is 5.20. The Morgan fingerprint density at radius 3 is 2.75 bits per heavy atom. The van der Waals surface area contributed by atoms with E-state index >= 15 is 0 Å². The van der Waals surface area contributed by atoms with E-state index in [0.29, 0.717) is 17.5 Å². The number of nitrogens with zero attached hydrogens (tertiary/aromatic N) is 2. The molecule has 1 atom stereocenters. The van der Waals surface area contributed by atoms with Gasteiger partial charge in [0.15, 0.2) is 0 Å². The molecule has 4 fully saturated rings. The molecule has 0 radical (unpaired) electrons. The van der Waals surface area contributed by atoms with E-state index < -0.39 is 0 Å². The number of halogens is 1. The van der Waals surface area contributed by atoms with Crippen LogP contribution in [0.5, 0.6) is 0 Å². The molecule has 4 aliphatic rings. The zero-order valence-corrected chi connectivity index (χ0v) is 15.4. The van der Waals surface area contributed by atoms with Crippen molar-refractivity contribution in [1.29, 1.82) is 0 Å². The number of carbonyl (C=O) groups excluding carboxylic acids is 1. The standard InChI is InChI=1S/C19H21ClN2OS/c1-21(17-12-4-8-22(9-5-12)19(17)6-7-19)18(23)16-10-13-2-3-14(20)11-15(13)24-16/h2-3,10-12,17H,4-9H2,1H3. The molecule has 3 saturated heterocycles. The van der Waals surface area contributed by atoms with Crippen molar-refractivity contribution in [2.75, 3.05) is 20.1 Å². The molecule has 126 valence electrons. The van der Waals surface area contributed by atoms with Gasteiger partial charge < -0.3 is 4.90 Å². The normalized spacial score (nSPS) is 30.0. The minimum atomic E-state index is 0.178. The van der Waals surface area contributed by atoms with E-state index in [1.807, 2.05) is 31.3 Å². The molecular formula is C19H21ClN2OS. The lowest BCUT2D eigenvalue weighted by molar-refractivity contribution is -0.0415. The number of hydrogen-bond donors (Lipinski definition) is 0. The van der Waals surface area contributed by atoms with E-state index in [9.17, 15) is 4.79 Å². The molecule has 1 amide bonds. The number of hydrogen-bond acceptors (Lipinski definition) is 3. The Labute approximate surface area is 151 Å². The maximum atomic E-state index is 13.2. The average Bonchev–Trinajstić information content (AvgIpc) is 3.24. The maximum Gasteiger partial charge on any atom is 0.264 e. The fourth-order valence-corrected chi connectivity index (χ4v) is 6.44. The van der Waals surface area contributed by atoms with Gasteiger partial charge in [0.25, 0.3) is 5.91 Å². The predicted octanol–water partition coefficient (Wildman–Crippen LogP) is 4.25. The van der Waals surface area contributed by atoms with Gasteiger partial charge in [0.05, 0.1) is 10.9 Å². The summed E-state index contributed by atoms with van der Waals surface area (Å²) in [6.45, 7) is 2.45. The van der Waals surface area contributed by atoms with Crippen LogP contribution in [-0.2, 0) is 0 Å². The quantitative estimate of drug-likeness (QED) is 0.799. The van der Waals surface area contributed by atoms with Crippen molar-refractivity contribution in [3.63, 3.8) is 0 Å². The van der Waals surface area contributed by atoms with Crippen molar-refractivity contribution in [2.45, 2.75) is 37.3 Å². The molecule has 1 spiro atoms. The lowest BCUT2D eigenvalue weighted by Crippen LogP contribution is -2.65. The van der Waals surface area contributed by atoms with Gasteiger partial charge in [0.1, 0.15) is 0 Å². The lowest BCUT2D eigenvalue weighted by atomic mass is 9.76. The molecule has 3 aliphatic heterocycles. The van der Waals surface area contributed by atoms with E-state index in [2.05, 4.69) is 9.80 Å². The molecule has 6 rings (SSSR count). The summed E-state index contributed by atoms with van der Waals surface area (Å²) in [6.07, 6.45) is 5.00. The van der Waals surface area contributed by atoms with Crippen molar-refractivity contribution in [2.24, 2.45) is 5.92 Å². The first kappa shape index (κ1) is 15.2. The average molecular weight is 361 g/mol. The van der Waals surface area contributed by atoms with Crippen LogP contribution in [-0.4, -0.2) is 47.4 Å². The highest BCUT2D eigenvalue weighted by Crippen LogP contribution is 2.55. The number of carbonyl (C=O) groups is 1. The predicted molar refractivity (Wildman–Crippen MR) is 99.0 cm³/mol. The number of fused-ring (bicyclic) bond motifs is 3. The van der Waals surface area contributed by atoms with Gasteiger partial charge in [-0.25, -0.2) is 0 Å². The highest BCUT2D eigenvalue weighted by molar-refractivity contribution is 7.20. The fourth-order valence-electron chi connectivity index (χ4n) is 5.11. The van der Waals surface area contributed by atoms with Crippen LogP contribution in [0.4, 0.5) is 0 Å². The van der Waals surface area contributed by atoms with Gasteiger partial charge >= 0.3 is 0 Å². The molecular weight excluding hydrogens is 340 g/mol. The Morgan fingerprint density at radius 2 is 2.04 bits per heavy atom. The van der Waals surface area contributed by atoms with Crippen LogP contribution >= 0.6 is 22.9 Å². The summed E-state index contributed by atoms with van der Waals surface area (Å²) in [7, 11) is 2.02. The van der Waals surface area contributed by atoms with Gasteiger partial charge in [0.2, 0.25) is 0 Å². The highest BCUT2D eigenvalue weighted by atomic mass is 35.5. The molecule has 1 unspecified atom stereocenters. The van der Waals surface area contributed by atoms with Crippen LogP contribution < -0.4 is 0 Å². The van der Waals surface area contributed by atoms with E-state index in [1.54, 1.807) is 11.3 Å². The molecule has 1 saturated carbocycles. The van der Waals surface area contributed by atoms with Crippen molar-refractivity contribution < 1.29 is 4.79 Å². The van der Waals surface area contributed by atoms with E-state index in [-0.39, 0.29) is 5.91 Å². The molecule has 2 bridgehead atoms. The first-order valence-corrected chi connectivity index (χ1v) is 9.99. The Kier molecular flexibility index (Phi) is 3.29.